The van der Waals surface area contributed by atoms with Crippen LogP contribution in [-0.2, 0) is 10.1 Å². The number of hydrogen-bond acceptors (Lipinski definition) is 2. The highest BCUT2D eigenvalue weighted by atomic mass is 32.2. The smallest absolute Gasteiger partial charge is 0.283 e. The molecule has 0 aliphatic heterocycles. The molecule has 0 bridgehead atoms. The lowest BCUT2D eigenvalue weighted by atomic mass is 9.84. The van der Waals surface area contributed by atoms with E-state index in [0.29, 0.717) is 0 Å². The lowest BCUT2D eigenvalue weighted by Gasteiger charge is -2.45. The van der Waals surface area contributed by atoms with Crippen LogP contribution in [0.4, 0.5) is 114 Å². The normalized spacial score (nSPS) is 17.7. The predicted molar refractivity (Wildman–Crippen MR) is 76.9 cm³/mol. The van der Waals surface area contributed by atoms with Gasteiger partial charge in [0.25, 0.3) is 5.50 Å². The van der Waals surface area contributed by atoms with E-state index in [2.05, 4.69) is 0 Å². The summed E-state index contributed by atoms with van der Waals surface area (Å²) in [5.41, 5.74) is -6.34. The highest BCUT2D eigenvalue weighted by molar-refractivity contribution is 7.86. The summed E-state index contributed by atoms with van der Waals surface area (Å²) in [4.78, 5) is 0. The maximum absolute atomic E-state index is 13.6. The van der Waals surface area contributed by atoms with Crippen molar-refractivity contribution in [3.05, 3.63) is 0 Å². The molecule has 0 aromatic carbocycles. The van der Waals surface area contributed by atoms with E-state index in [1.165, 1.54) is 0 Å². The summed E-state index contributed by atoms with van der Waals surface area (Å²) in [7, 11) is -7.53. The first-order chi connectivity index (χ1) is 17.9. The molecule has 1 atom stereocenters. The highest BCUT2D eigenvalue weighted by Gasteiger charge is 3.00. The van der Waals surface area contributed by atoms with Gasteiger partial charge in [0.1, 0.15) is 0 Å². The fraction of sp³-hybridized carbons (Fsp3) is 1.00. The third-order valence-electron chi connectivity index (χ3n) is 4.87. The van der Waals surface area contributed by atoms with Crippen LogP contribution in [0.1, 0.15) is 0 Å². The second kappa shape index (κ2) is 9.79. The molecule has 0 aliphatic rings. The number of hydrogen-bond donors (Lipinski definition) is 1. The molecular weight excluding hydrogens is 730 g/mol. The Morgan fingerprint density at radius 2 is 0.512 bits per heavy atom. The third kappa shape index (κ3) is 4.89. The number of rotatable bonds is 12. The Labute approximate surface area is 215 Å². The van der Waals surface area contributed by atoms with Gasteiger partial charge < -0.3 is 0 Å². The summed E-state index contributed by atoms with van der Waals surface area (Å²) >= 11 is 0. The van der Waals surface area contributed by atoms with Gasteiger partial charge in [-0.1, -0.05) is 0 Å². The first-order valence-electron chi connectivity index (χ1n) is 8.73. The quantitative estimate of drug-likeness (QED) is 0.165. The number of halogens is 26. The lowest BCUT2D eigenvalue weighted by molar-refractivity contribution is -0.482. The van der Waals surface area contributed by atoms with Crippen LogP contribution >= 0.6 is 0 Å². The van der Waals surface area contributed by atoms with Crippen LogP contribution in [-0.4, -0.2) is 89.8 Å². The van der Waals surface area contributed by atoms with Crippen LogP contribution in [0, 0.1) is 0 Å². The molecule has 0 aromatic heterocycles. The molecule has 0 saturated heterocycles. The van der Waals surface area contributed by atoms with Gasteiger partial charge in [-0.3, -0.25) is 4.55 Å². The molecular formula is C13H2F26O3S. The second-order valence-electron chi connectivity index (χ2n) is 7.70. The van der Waals surface area contributed by atoms with Gasteiger partial charge in [-0.15, -0.1) is 0 Å². The van der Waals surface area contributed by atoms with Crippen LogP contribution in [0.15, 0.2) is 0 Å². The van der Waals surface area contributed by atoms with Crippen LogP contribution in [0.5, 0.6) is 0 Å². The topological polar surface area (TPSA) is 54.4 Å². The summed E-state index contributed by atoms with van der Waals surface area (Å²) in [6.07, 6.45) is -8.25. The average molecular weight is 732 g/mol. The van der Waals surface area contributed by atoms with Crippen molar-refractivity contribution in [2.45, 2.75) is 76.8 Å². The van der Waals surface area contributed by atoms with Crippen LogP contribution in [0.25, 0.3) is 0 Å². The van der Waals surface area contributed by atoms with Crippen molar-refractivity contribution in [2.24, 2.45) is 0 Å². The van der Waals surface area contributed by atoms with Gasteiger partial charge in [0.05, 0.1) is 0 Å². The number of alkyl halides is 26. The summed E-state index contributed by atoms with van der Waals surface area (Å²) < 4.78 is 370. The maximum Gasteiger partial charge on any atom is 0.460 e. The van der Waals surface area contributed by atoms with E-state index in [0.717, 1.165) is 0 Å². The van der Waals surface area contributed by atoms with Crippen molar-refractivity contribution in [3.8, 4) is 0 Å². The molecule has 43 heavy (non-hydrogen) atoms. The van der Waals surface area contributed by atoms with Gasteiger partial charge in [0.2, 0.25) is 0 Å². The third-order valence-corrected chi connectivity index (χ3v) is 5.69. The first kappa shape index (κ1) is 41.1. The first-order valence-corrected chi connectivity index (χ1v) is 10.2. The zero-order valence-corrected chi connectivity index (χ0v) is 18.9. The van der Waals surface area contributed by atoms with Crippen LogP contribution in [0.2, 0.25) is 0 Å². The summed E-state index contributed by atoms with van der Waals surface area (Å²) in [5, 5.41) is 0. The van der Waals surface area contributed by atoms with Crippen molar-refractivity contribution in [1.29, 1.82) is 0 Å². The zero-order valence-electron chi connectivity index (χ0n) is 18.1. The van der Waals surface area contributed by atoms with E-state index >= 15 is 0 Å². The maximum atomic E-state index is 13.6. The standard InChI is InChI=1S/C13H2F26O3S/c14-1(43(40,41)42)2(15,16)3(17,18)4(19,20)5(21,22)6(23,24)7(25,26)8(27,28)9(29,30)10(31,32)11(33,34)12(35,36)13(37,38)39/h1H,(H,40,41,42). The van der Waals surface area contributed by atoms with Crippen molar-refractivity contribution in [1.82, 2.24) is 0 Å². The highest BCUT2D eigenvalue weighted by Crippen LogP contribution is 2.68. The Bertz CT molecular complexity index is 1150. The SMILES string of the molecule is O=S(=O)(O)C(F)C(F)(F)C(F)(F)C(F)(F)C(F)(F)C(F)(F)C(F)(F)C(F)(F)C(F)(F)C(F)(F)C(F)(F)C(F)(F)C(F)(F)F. The molecule has 1 N–H and O–H groups in total. The van der Waals surface area contributed by atoms with E-state index in [1.54, 1.807) is 0 Å². The minimum atomic E-state index is -9.81. The largest absolute Gasteiger partial charge is 0.460 e. The van der Waals surface area contributed by atoms with Gasteiger partial charge in [0.15, 0.2) is 0 Å². The minimum Gasteiger partial charge on any atom is -0.283 e. The molecule has 1 unspecified atom stereocenters. The van der Waals surface area contributed by atoms with Crippen molar-refractivity contribution in [2.75, 3.05) is 0 Å². The van der Waals surface area contributed by atoms with Gasteiger partial charge >= 0.3 is 81.4 Å². The fourth-order valence-corrected chi connectivity index (χ4v) is 2.82. The second-order valence-corrected chi connectivity index (χ2v) is 9.14. The molecule has 0 rings (SSSR count). The van der Waals surface area contributed by atoms with E-state index in [4.69, 9.17) is 4.55 Å². The molecule has 0 spiro atoms. The molecule has 30 heteroatoms. The van der Waals surface area contributed by atoms with Crippen molar-refractivity contribution >= 4 is 10.1 Å². The molecule has 0 heterocycles. The molecule has 260 valence electrons. The lowest BCUT2D eigenvalue weighted by Crippen LogP contribution is -2.78. The predicted octanol–water partition coefficient (Wildman–Crippen LogP) is 7.72. The van der Waals surface area contributed by atoms with Crippen LogP contribution < -0.4 is 0 Å². The van der Waals surface area contributed by atoms with Crippen molar-refractivity contribution < 1.29 is 127 Å². The van der Waals surface area contributed by atoms with Crippen LogP contribution in [0.3, 0.4) is 0 Å². The molecule has 0 radical (unpaired) electrons. The minimum absolute atomic E-state index is 6.34. The van der Waals surface area contributed by atoms with E-state index in [1.807, 2.05) is 0 Å². The van der Waals surface area contributed by atoms with E-state index in [-0.39, 0.29) is 0 Å². The average Bonchev–Trinajstić information content (AvgIpc) is 2.75. The van der Waals surface area contributed by atoms with E-state index in [9.17, 15) is 123 Å². The van der Waals surface area contributed by atoms with Gasteiger partial charge in [-0.05, 0) is 0 Å². The molecule has 0 aromatic rings. The Kier molecular flexibility index (Phi) is 9.36. The molecule has 0 amide bonds. The molecule has 3 nitrogen and oxygen atoms in total. The van der Waals surface area contributed by atoms with Gasteiger partial charge in [-0.2, -0.15) is 118 Å². The Hall–Kier alpha value is -1.91. The Morgan fingerprint density at radius 1 is 0.349 bits per heavy atom. The molecule has 0 aliphatic carbocycles. The summed E-state index contributed by atoms with van der Waals surface area (Å²) in [5.74, 6) is -103. The monoisotopic (exact) mass is 732 g/mol. The fourth-order valence-electron chi connectivity index (χ4n) is 2.29. The zero-order chi connectivity index (χ0) is 36.1. The van der Waals surface area contributed by atoms with Crippen molar-refractivity contribution in [3.63, 3.8) is 0 Å². The summed E-state index contributed by atoms with van der Waals surface area (Å²) in [6.45, 7) is 0. The summed E-state index contributed by atoms with van der Waals surface area (Å²) in [6, 6.07) is 0. The Morgan fingerprint density at radius 3 is 0.674 bits per heavy atom. The van der Waals surface area contributed by atoms with Gasteiger partial charge in [-0.25, -0.2) is 4.39 Å². The van der Waals surface area contributed by atoms with Gasteiger partial charge in [0, 0.05) is 0 Å². The van der Waals surface area contributed by atoms with E-state index < -0.39 is 86.9 Å². The molecule has 0 fully saturated rings. The molecule has 0 saturated carbocycles. The Balaban J connectivity index is 7.46.